The van der Waals surface area contributed by atoms with E-state index in [0.29, 0.717) is 12.6 Å². The van der Waals surface area contributed by atoms with Gasteiger partial charge in [-0.1, -0.05) is 0 Å². The molecule has 8 heteroatoms. The van der Waals surface area contributed by atoms with Crippen LogP contribution in [0.2, 0.25) is 0 Å². The Morgan fingerprint density at radius 2 is 2.12 bits per heavy atom. The average molecular weight is 548 g/mol. The third-order valence-electron chi connectivity index (χ3n) is 3.81. The summed E-state index contributed by atoms with van der Waals surface area (Å²) in [7, 11) is 1.79. The Kier molecular flexibility index (Phi) is 7.90. The van der Waals surface area contributed by atoms with Gasteiger partial charge in [-0.3, -0.25) is 4.99 Å². The molecule has 0 aliphatic rings. The monoisotopic (exact) mass is 547 g/mol. The Labute approximate surface area is 183 Å². The minimum atomic E-state index is 0. The molecule has 1 atom stereocenters. The van der Waals surface area contributed by atoms with Crippen LogP contribution in [0.3, 0.4) is 0 Å². The van der Waals surface area contributed by atoms with Gasteiger partial charge >= 0.3 is 0 Å². The van der Waals surface area contributed by atoms with Crippen molar-refractivity contribution in [3.8, 4) is 0 Å². The summed E-state index contributed by atoms with van der Waals surface area (Å²) >= 11 is 5.33. The van der Waals surface area contributed by atoms with E-state index in [-0.39, 0.29) is 24.0 Å². The fourth-order valence-corrected chi connectivity index (χ4v) is 4.02. The van der Waals surface area contributed by atoms with Gasteiger partial charge in [0.1, 0.15) is 5.65 Å². The van der Waals surface area contributed by atoms with Gasteiger partial charge in [-0.2, -0.15) is 0 Å². The van der Waals surface area contributed by atoms with Gasteiger partial charge in [-0.05, 0) is 54.0 Å². The molecule has 1 unspecified atom stereocenters. The van der Waals surface area contributed by atoms with E-state index in [1.54, 1.807) is 7.05 Å². The fourth-order valence-electron chi connectivity index (χ4n) is 2.65. The Balaban J connectivity index is 0.00000243. The second-order valence-electron chi connectivity index (χ2n) is 6.03. The minimum absolute atomic E-state index is 0. The predicted molar refractivity (Wildman–Crippen MR) is 124 cm³/mol. The lowest BCUT2D eigenvalue weighted by Gasteiger charge is -2.17. The van der Waals surface area contributed by atoms with Gasteiger partial charge in [0, 0.05) is 46.1 Å². The maximum absolute atomic E-state index is 4.61. The van der Waals surface area contributed by atoms with Gasteiger partial charge in [-0.15, -0.1) is 35.3 Å². The molecule has 3 heterocycles. The van der Waals surface area contributed by atoms with Crippen LogP contribution in [0.1, 0.15) is 22.4 Å². The van der Waals surface area contributed by atoms with Crippen LogP contribution in [0, 0.1) is 6.92 Å². The molecule has 0 saturated heterocycles. The van der Waals surface area contributed by atoms with Crippen LogP contribution >= 0.6 is 51.2 Å². The molecule has 0 amide bonds. The van der Waals surface area contributed by atoms with Crippen LogP contribution in [0.15, 0.2) is 46.1 Å². The smallest absolute Gasteiger partial charge is 0.191 e. The Morgan fingerprint density at radius 1 is 1.31 bits per heavy atom. The van der Waals surface area contributed by atoms with Crippen LogP contribution in [-0.2, 0) is 13.0 Å². The quantitative estimate of drug-likeness (QED) is 0.283. The maximum Gasteiger partial charge on any atom is 0.191 e. The van der Waals surface area contributed by atoms with Crippen LogP contribution in [-0.4, -0.2) is 28.4 Å². The van der Waals surface area contributed by atoms with Crippen molar-refractivity contribution in [2.24, 2.45) is 4.99 Å². The van der Waals surface area contributed by atoms with E-state index < -0.39 is 0 Å². The number of hydrogen-bond donors (Lipinski definition) is 2. The van der Waals surface area contributed by atoms with Crippen molar-refractivity contribution in [2.45, 2.75) is 32.9 Å². The van der Waals surface area contributed by atoms with E-state index in [1.807, 2.05) is 40.3 Å². The second-order valence-corrected chi connectivity index (χ2v) is 8.32. The molecule has 3 aromatic rings. The van der Waals surface area contributed by atoms with Gasteiger partial charge in [0.15, 0.2) is 5.96 Å². The van der Waals surface area contributed by atoms with Gasteiger partial charge < -0.3 is 15.0 Å². The molecular weight excluding hydrogens is 525 g/mol. The lowest BCUT2D eigenvalue weighted by Crippen LogP contribution is -2.42. The molecule has 3 aromatic heterocycles. The number of thiophene rings is 1. The highest BCUT2D eigenvalue weighted by molar-refractivity contribution is 14.0. The SMILES string of the molecule is CN=C(NCc1cn2cc(Br)ccc2n1)NC(C)Cc1ccc(C)s1.I. The predicted octanol–water partition coefficient (Wildman–Crippen LogP) is 4.38. The Hall–Kier alpha value is -1.13. The molecule has 3 rings (SSSR count). The van der Waals surface area contributed by atoms with Gasteiger partial charge in [-0.25, -0.2) is 4.98 Å². The first-order valence-corrected chi connectivity index (χ1v) is 9.80. The third kappa shape index (κ3) is 5.68. The van der Waals surface area contributed by atoms with E-state index in [1.165, 1.54) is 9.75 Å². The fraction of sp³-hybridized carbons (Fsp3) is 0.333. The molecule has 26 heavy (non-hydrogen) atoms. The molecule has 0 aromatic carbocycles. The van der Waals surface area contributed by atoms with Crippen LogP contribution in [0.25, 0.3) is 5.65 Å². The van der Waals surface area contributed by atoms with Crippen molar-refractivity contribution in [3.63, 3.8) is 0 Å². The van der Waals surface area contributed by atoms with Crippen LogP contribution in [0.5, 0.6) is 0 Å². The number of imidazole rings is 1. The van der Waals surface area contributed by atoms with Crippen molar-refractivity contribution in [2.75, 3.05) is 7.05 Å². The van der Waals surface area contributed by atoms with Crippen molar-refractivity contribution < 1.29 is 0 Å². The van der Waals surface area contributed by atoms with Crippen LogP contribution in [0.4, 0.5) is 0 Å². The van der Waals surface area contributed by atoms with Crippen molar-refractivity contribution in [1.82, 2.24) is 20.0 Å². The molecule has 0 aliphatic heterocycles. The zero-order chi connectivity index (χ0) is 17.8. The second kappa shape index (κ2) is 9.70. The largest absolute Gasteiger partial charge is 0.354 e. The van der Waals surface area contributed by atoms with Gasteiger partial charge in [0.25, 0.3) is 0 Å². The number of nitrogens with one attached hydrogen (secondary N) is 2. The Morgan fingerprint density at radius 3 is 2.81 bits per heavy atom. The highest BCUT2D eigenvalue weighted by atomic mass is 127. The lowest BCUT2D eigenvalue weighted by molar-refractivity contribution is 0.644. The Bertz CT molecular complexity index is 889. The first kappa shape index (κ1) is 21.2. The molecule has 0 saturated carbocycles. The van der Waals surface area contributed by atoms with Gasteiger partial charge in [0.05, 0.1) is 12.2 Å². The summed E-state index contributed by atoms with van der Waals surface area (Å²) < 4.78 is 3.05. The number of halogens is 2. The van der Waals surface area contributed by atoms with E-state index in [0.717, 1.165) is 28.2 Å². The number of rotatable bonds is 5. The molecule has 0 spiro atoms. The van der Waals surface area contributed by atoms with E-state index in [4.69, 9.17) is 0 Å². The topological polar surface area (TPSA) is 53.7 Å². The number of hydrogen-bond acceptors (Lipinski definition) is 3. The molecule has 5 nitrogen and oxygen atoms in total. The summed E-state index contributed by atoms with van der Waals surface area (Å²) in [5.41, 5.74) is 1.91. The van der Waals surface area contributed by atoms with E-state index in [9.17, 15) is 0 Å². The first-order chi connectivity index (χ1) is 12.0. The summed E-state index contributed by atoms with van der Waals surface area (Å²) in [5.74, 6) is 0.791. The standard InChI is InChI=1S/C18H22BrN5S.HI/c1-12(8-16-6-4-13(2)25-16)22-18(20-3)21-9-15-11-24-10-14(19)5-7-17(24)23-15;/h4-7,10-12H,8-9H2,1-3H3,(H2,20,21,22);1H. The zero-order valence-electron chi connectivity index (χ0n) is 15.0. The lowest BCUT2D eigenvalue weighted by atomic mass is 10.2. The first-order valence-electron chi connectivity index (χ1n) is 8.19. The van der Waals surface area contributed by atoms with Crippen molar-refractivity contribution in [1.29, 1.82) is 0 Å². The maximum atomic E-state index is 4.61. The summed E-state index contributed by atoms with van der Waals surface area (Å²) in [6.07, 6.45) is 5.02. The molecule has 0 fully saturated rings. The number of pyridine rings is 1. The summed E-state index contributed by atoms with van der Waals surface area (Å²) in [6.45, 7) is 4.94. The molecule has 0 bridgehead atoms. The number of aryl methyl sites for hydroxylation is 1. The number of fused-ring (bicyclic) bond motifs is 1. The molecule has 2 N–H and O–H groups in total. The summed E-state index contributed by atoms with van der Waals surface area (Å²) in [4.78, 5) is 11.7. The highest BCUT2D eigenvalue weighted by Crippen LogP contribution is 2.16. The zero-order valence-corrected chi connectivity index (χ0v) is 19.7. The number of nitrogens with zero attached hydrogens (tertiary/aromatic N) is 3. The highest BCUT2D eigenvalue weighted by Gasteiger charge is 2.09. The van der Waals surface area contributed by atoms with Crippen molar-refractivity contribution >= 4 is 62.9 Å². The summed E-state index contributed by atoms with van der Waals surface area (Å²) in [6, 6.07) is 8.66. The summed E-state index contributed by atoms with van der Waals surface area (Å²) in [5, 5.41) is 6.78. The normalized spacial score (nSPS) is 12.7. The molecular formula is C18H23BrIN5S. The number of aliphatic imine (C=N–C) groups is 1. The number of guanidine groups is 1. The number of aromatic nitrogens is 2. The minimum Gasteiger partial charge on any atom is -0.354 e. The third-order valence-corrected chi connectivity index (χ3v) is 5.30. The van der Waals surface area contributed by atoms with Crippen LogP contribution < -0.4 is 10.6 Å². The van der Waals surface area contributed by atoms with E-state index >= 15 is 0 Å². The molecule has 0 aliphatic carbocycles. The molecule has 140 valence electrons. The average Bonchev–Trinajstić information content (AvgIpc) is 3.16. The van der Waals surface area contributed by atoms with Gasteiger partial charge in [0.2, 0.25) is 0 Å². The van der Waals surface area contributed by atoms with E-state index in [2.05, 4.69) is 62.5 Å². The molecule has 0 radical (unpaired) electrons. The van der Waals surface area contributed by atoms with Crippen molar-refractivity contribution in [3.05, 3.63) is 56.6 Å².